The van der Waals surface area contributed by atoms with Crippen molar-refractivity contribution in [3.05, 3.63) is 46.8 Å². The Balaban J connectivity index is 1.79. The van der Waals surface area contributed by atoms with Crippen molar-refractivity contribution in [1.82, 2.24) is 15.1 Å². The maximum Gasteiger partial charge on any atom is 0.320 e. The van der Waals surface area contributed by atoms with Gasteiger partial charge in [-0.05, 0) is 25.0 Å². The third kappa shape index (κ3) is 3.50. The van der Waals surface area contributed by atoms with Crippen molar-refractivity contribution in [2.75, 3.05) is 5.32 Å². The maximum absolute atomic E-state index is 14.9. The van der Waals surface area contributed by atoms with Gasteiger partial charge in [0.15, 0.2) is 11.4 Å². The molecule has 30 heavy (non-hydrogen) atoms. The van der Waals surface area contributed by atoms with Crippen LogP contribution in [-0.2, 0) is 18.7 Å². The molecule has 2 aliphatic rings. The number of alkyl halides is 2. The third-order valence-electron chi connectivity index (χ3n) is 5.11. The van der Waals surface area contributed by atoms with E-state index in [1.54, 1.807) is 0 Å². The molecule has 1 aromatic heterocycles. The smallest absolute Gasteiger partial charge is 0.320 e. The summed E-state index contributed by atoms with van der Waals surface area (Å²) in [6, 6.07) is 1.23. The van der Waals surface area contributed by atoms with Crippen molar-refractivity contribution in [2.45, 2.75) is 44.4 Å². The van der Waals surface area contributed by atoms with Gasteiger partial charge >= 0.3 is 6.03 Å². The Bertz CT molecular complexity index is 1080. The second-order valence-corrected chi connectivity index (χ2v) is 7.53. The number of aliphatic hydroxyl groups is 1. The number of benzene rings is 1. The number of nitrogens with one attached hydrogen (secondary N) is 2. The molecule has 6 nitrogen and oxygen atoms in total. The fourth-order valence-electron chi connectivity index (χ4n) is 3.34. The molecule has 10 heteroatoms. The van der Waals surface area contributed by atoms with Gasteiger partial charge in [-0.3, -0.25) is 4.68 Å². The molecular formula is C20H18F4N4O2. The van der Waals surface area contributed by atoms with Gasteiger partial charge in [-0.1, -0.05) is 11.8 Å². The van der Waals surface area contributed by atoms with Gasteiger partial charge < -0.3 is 15.7 Å². The molecule has 2 heterocycles. The highest BCUT2D eigenvalue weighted by molar-refractivity contribution is 5.95. The Morgan fingerprint density at radius 1 is 1.33 bits per heavy atom. The molecule has 0 radical (unpaired) electrons. The van der Waals surface area contributed by atoms with Crippen LogP contribution in [0.5, 0.6) is 0 Å². The number of aliphatic hydroxyl groups excluding tert-OH is 1. The summed E-state index contributed by atoms with van der Waals surface area (Å²) >= 11 is 0. The van der Waals surface area contributed by atoms with E-state index in [-0.39, 0.29) is 35.0 Å². The number of rotatable bonds is 4. The molecule has 1 fully saturated rings. The minimum absolute atomic E-state index is 0.00795. The first kappa shape index (κ1) is 20.2. The number of amides is 2. The molecule has 0 saturated heterocycles. The quantitative estimate of drug-likeness (QED) is 0.523. The SMILES string of the molecule is CC(F)(F)[C@@]1(C#CC2CC2)NC(=O)Nc2cc(Cn3cc(F)c(CO)n3)c(F)cc21. The molecule has 1 saturated carbocycles. The van der Waals surface area contributed by atoms with Crippen LogP contribution in [0.25, 0.3) is 0 Å². The average molecular weight is 422 g/mol. The van der Waals surface area contributed by atoms with E-state index in [0.717, 1.165) is 29.8 Å². The molecule has 1 aliphatic carbocycles. The van der Waals surface area contributed by atoms with Gasteiger partial charge in [-0.15, -0.1) is 0 Å². The topological polar surface area (TPSA) is 79.2 Å². The van der Waals surface area contributed by atoms with Gasteiger partial charge in [0, 0.05) is 29.7 Å². The Hall–Kier alpha value is -3.06. The van der Waals surface area contributed by atoms with Crippen molar-refractivity contribution < 1.29 is 27.5 Å². The van der Waals surface area contributed by atoms with Crippen molar-refractivity contribution >= 4 is 11.7 Å². The van der Waals surface area contributed by atoms with Gasteiger partial charge in [0.05, 0.1) is 19.3 Å². The van der Waals surface area contributed by atoms with E-state index in [2.05, 4.69) is 27.6 Å². The zero-order chi connectivity index (χ0) is 21.7. The standard InChI is InChI=1S/C20H18F4N4O2/c1-19(23,24)20(5-4-11-2-3-11)13-7-14(21)12(6-16(13)25-18(30)26-20)8-28-9-15(22)17(10-29)27-28/h6-7,9,11,29H,2-3,8,10H2,1H3,(H2,25,26,30)/t20-/m0/s1. The van der Waals surface area contributed by atoms with Gasteiger partial charge in [-0.25, -0.2) is 22.4 Å². The average Bonchev–Trinajstić information content (AvgIpc) is 3.42. The number of aromatic nitrogens is 2. The minimum atomic E-state index is -3.50. The first-order valence-electron chi connectivity index (χ1n) is 9.28. The van der Waals surface area contributed by atoms with E-state index in [0.29, 0.717) is 6.92 Å². The highest BCUT2D eigenvalue weighted by Gasteiger charge is 2.55. The van der Waals surface area contributed by atoms with Crippen molar-refractivity contribution in [3.63, 3.8) is 0 Å². The molecule has 2 aromatic rings. The fourth-order valence-corrected chi connectivity index (χ4v) is 3.34. The number of carbonyl (C=O) groups is 1. The van der Waals surface area contributed by atoms with E-state index in [4.69, 9.17) is 5.11 Å². The van der Waals surface area contributed by atoms with Crippen LogP contribution >= 0.6 is 0 Å². The van der Waals surface area contributed by atoms with Crippen LogP contribution in [0, 0.1) is 29.4 Å². The number of anilines is 1. The van der Waals surface area contributed by atoms with E-state index in [1.165, 1.54) is 6.07 Å². The number of halogens is 4. The summed E-state index contributed by atoms with van der Waals surface area (Å²) in [4.78, 5) is 12.2. The number of urea groups is 1. The summed E-state index contributed by atoms with van der Waals surface area (Å²) in [6.45, 7) is -0.234. The molecule has 0 unspecified atom stereocenters. The first-order valence-corrected chi connectivity index (χ1v) is 9.28. The summed E-state index contributed by atoms with van der Waals surface area (Å²) in [5.41, 5.74) is -2.80. The van der Waals surface area contributed by atoms with Crippen molar-refractivity contribution in [2.24, 2.45) is 5.92 Å². The Morgan fingerprint density at radius 3 is 2.67 bits per heavy atom. The molecule has 158 valence electrons. The summed E-state index contributed by atoms with van der Waals surface area (Å²) in [5.74, 6) is 0.143. The zero-order valence-electron chi connectivity index (χ0n) is 15.9. The van der Waals surface area contributed by atoms with Crippen molar-refractivity contribution in [1.29, 1.82) is 0 Å². The predicted molar refractivity (Wildman–Crippen MR) is 98.6 cm³/mol. The van der Waals surface area contributed by atoms with E-state index >= 15 is 0 Å². The summed E-state index contributed by atoms with van der Waals surface area (Å²) < 4.78 is 59.0. The van der Waals surface area contributed by atoms with Crippen LogP contribution in [0.2, 0.25) is 0 Å². The molecule has 1 aromatic carbocycles. The predicted octanol–water partition coefficient (Wildman–Crippen LogP) is 3.10. The number of hydrogen-bond donors (Lipinski definition) is 3. The van der Waals surface area contributed by atoms with Crippen LogP contribution in [0.3, 0.4) is 0 Å². The normalized spacial score (nSPS) is 20.7. The Morgan fingerprint density at radius 2 is 2.07 bits per heavy atom. The highest BCUT2D eigenvalue weighted by atomic mass is 19.3. The second kappa shape index (κ2) is 7.02. The highest BCUT2D eigenvalue weighted by Crippen LogP contribution is 2.44. The van der Waals surface area contributed by atoms with Crippen LogP contribution in [0.4, 0.5) is 28.0 Å². The summed E-state index contributed by atoms with van der Waals surface area (Å²) in [6.07, 6.45) is 2.57. The lowest BCUT2D eigenvalue weighted by Crippen LogP contribution is -2.59. The largest absolute Gasteiger partial charge is 0.390 e. The second-order valence-electron chi connectivity index (χ2n) is 7.53. The van der Waals surface area contributed by atoms with E-state index in [1.807, 2.05) is 0 Å². The fraction of sp³-hybridized carbons (Fsp3) is 0.400. The van der Waals surface area contributed by atoms with Crippen LogP contribution in [-0.4, -0.2) is 26.8 Å². The van der Waals surface area contributed by atoms with Crippen LogP contribution in [0.15, 0.2) is 18.3 Å². The molecule has 2 amide bonds. The summed E-state index contributed by atoms with van der Waals surface area (Å²) in [7, 11) is 0. The Kier molecular flexibility index (Phi) is 4.73. The number of carbonyl (C=O) groups excluding carboxylic acids is 1. The van der Waals surface area contributed by atoms with Crippen LogP contribution in [0.1, 0.15) is 36.6 Å². The third-order valence-corrected chi connectivity index (χ3v) is 5.11. The first-order chi connectivity index (χ1) is 14.1. The number of nitrogens with zero attached hydrogens (tertiary/aromatic N) is 2. The van der Waals surface area contributed by atoms with Crippen LogP contribution < -0.4 is 10.6 Å². The maximum atomic E-state index is 14.9. The molecule has 0 spiro atoms. The Labute approximate surface area is 169 Å². The number of hydrogen-bond acceptors (Lipinski definition) is 3. The molecule has 1 atom stereocenters. The lowest BCUT2D eigenvalue weighted by molar-refractivity contribution is -0.0465. The molecular weight excluding hydrogens is 404 g/mol. The van der Waals surface area contributed by atoms with Gasteiger partial charge in [0.25, 0.3) is 5.92 Å². The minimum Gasteiger partial charge on any atom is -0.390 e. The molecule has 1 aliphatic heterocycles. The molecule has 0 bridgehead atoms. The monoisotopic (exact) mass is 422 g/mol. The van der Waals surface area contributed by atoms with E-state index < -0.39 is 35.7 Å². The van der Waals surface area contributed by atoms with Gasteiger partial charge in [0.2, 0.25) is 0 Å². The lowest BCUT2D eigenvalue weighted by atomic mass is 9.81. The molecule has 4 rings (SSSR count). The number of fused-ring (bicyclic) bond motifs is 1. The molecule has 3 N–H and O–H groups in total. The lowest BCUT2D eigenvalue weighted by Gasteiger charge is -2.40. The zero-order valence-corrected chi connectivity index (χ0v) is 15.9. The van der Waals surface area contributed by atoms with Gasteiger partial charge in [-0.2, -0.15) is 5.10 Å². The summed E-state index contributed by atoms with van der Waals surface area (Å²) in [5, 5.41) is 17.4. The van der Waals surface area contributed by atoms with Crippen molar-refractivity contribution in [3.8, 4) is 11.8 Å². The van der Waals surface area contributed by atoms with Gasteiger partial charge in [0.1, 0.15) is 11.5 Å². The van der Waals surface area contributed by atoms with E-state index in [9.17, 15) is 22.4 Å².